The Bertz CT molecular complexity index is 1010. The molecule has 1 unspecified atom stereocenters. The predicted molar refractivity (Wildman–Crippen MR) is 102 cm³/mol. The van der Waals surface area contributed by atoms with Gasteiger partial charge in [-0.25, -0.2) is 8.42 Å². The molecule has 1 aliphatic rings. The molecular weight excluding hydrogens is 350 g/mol. The van der Waals surface area contributed by atoms with Crippen molar-refractivity contribution < 1.29 is 17.9 Å². The molecule has 0 amide bonds. The Morgan fingerprint density at radius 2 is 1.73 bits per heavy atom. The summed E-state index contributed by atoms with van der Waals surface area (Å²) < 4.78 is 29.4. The first-order chi connectivity index (χ1) is 12.2. The van der Waals surface area contributed by atoms with Crippen molar-refractivity contribution >= 4 is 32.6 Å². The van der Waals surface area contributed by atoms with Crippen LogP contribution in [0.5, 0.6) is 0 Å². The molecule has 26 heavy (non-hydrogen) atoms. The van der Waals surface area contributed by atoms with Crippen LogP contribution in [0.2, 0.25) is 0 Å². The SMILES string of the molecule is CCC1(C)OC(c2ccc(S(C)(=O)=O)cc2)=C(c2cccc(N)c2)C1=O. The Morgan fingerprint density at radius 1 is 1.08 bits per heavy atom. The fourth-order valence-electron chi connectivity index (χ4n) is 2.94. The number of nitrogen functional groups attached to an aromatic ring is 1. The van der Waals surface area contributed by atoms with Crippen LogP contribution in [0.1, 0.15) is 31.4 Å². The van der Waals surface area contributed by atoms with Crippen LogP contribution in [0.4, 0.5) is 5.69 Å². The molecule has 2 N–H and O–H groups in total. The highest BCUT2D eigenvalue weighted by Gasteiger charge is 2.45. The minimum absolute atomic E-state index is 0.104. The van der Waals surface area contributed by atoms with Gasteiger partial charge < -0.3 is 10.5 Å². The lowest BCUT2D eigenvalue weighted by atomic mass is 9.90. The van der Waals surface area contributed by atoms with Crippen molar-refractivity contribution in [2.45, 2.75) is 30.8 Å². The Morgan fingerprint density at radius 3 is 2.27 bits per heavy atom. The second-order valence-electron chi connectivity index (χ2n) is 6.64. The van der Waals surface area contributed by atoms with Crippen molar-refractivity contribution in [1.82, 2.24) is 0 Å². The van der Waals surface area contributed by atoms with Gasteiger partial charge in [-0.1, -0.05) is 19.1 Å². The van der Waals surface area contributed by atoms with Crippen molar-refractivity contribution in [3.63, 3.8) is 0 Å². The first kappa shape index (κ1) is 18.2. The third-order valence-corrected chi connectivity index (χ3v) is 5.78. The van der Waals surface area contributed by atoms with Gasteiger partial charge in [0, 0.05) is 17.5 Å². The Balaban J connectivity index is 2.18. The summed E-state index contributed by atoms with van der Waals surface area (Å²) in [6.07, 6.45) is 1.67. The molecule has 0 aliphatic carbocycles. The van der Waals surface area contributed by atoms with E-state index >= 15 is 0 Å². The van der Waals surface area contributed by atoms with Gasteiger partial charge in [0.2, 0.25) is 5.78 Å². The summed E-state index contributed by atoms with van der Waals surface area (Å²) in [7, 11) is -3.29. The van der Waals surface area contributed by atoms with E-state index < -0.39 is 15.4 Å². The van der Waals surface area contributed by atoms with Crippen LogP contribution in [0.25, 0.3) is 11.3 Å². The highest BCUT2D eigenvalue weighted by molar-refractivity contribution is 7.90. The summed E-state index contributed by atoms with van der Waals surface area (Å²) in [5.41, 5.74) is 7.29. The molecule has 0 aromatic heterocycles. The fourth-order valence-corrected chi connectivity index (χ4v) is 3.57. The third-order valence-electron chi connectivity index (χ3n) is 4.66. The topological polar surface area (TPSA) is 86.5 Å². The molecule has 2 aromatic rings. The van der Waals surface area contributed by atoms with Gasteiger partial charge in [0.15, 0.2) is 15.4 Å². The van der Waals surface area contributed by atoms with E-state index in [0.29, 0.717) is 34.6 Å². The molecule has 0 spiro atoms. The van der Waals surface area contributed by atoms with Gasteiger partial charge >= 0.3 is 0 Å². The molecule has 0 radical (unpaired) electrons. The predicted octanol–water partition coefficient (Wildman–Crippen LogP) is 3.31. The number of sulfone groups is 1. The lowest BCUT2D eigenvalue weighted by molar-refractivity contribution is -0.126. The Labute approximate surface area is 153 Å². The molecule has 0 saturated carbocycles. The molecule has 0 fully saturated rings. The highest BCUT2D eigenvalue weighted by Crippen LogP contribution is 2.43. The number of benzene rings is 2. The minimum Gasteiger partial charge on any atom is -0.478 e. The number of hydrogen-bond donors (Lipinski definition) is 1. The second kappa shape index (κ2) is 6.29. The van der Waals surface area contributed by atoms with Crippen LogP contribution >= 0.6 is 0 Å². The van der Waals surface area contributed by atoms with E-state index in [-0.39, 0.29) is 10.7 Å². The van der Waals surface area contributed by atoms with Gasteiger partial charge in [-0.2, -0.15) is 0 Å². The maximum atomic E-state index is 13.1. The largest absolute Gasteiger partial charge is 0.478 e. The number of nitrogens with two attached hydrogens (primary N) is 1. The zero-order valence-electron chi connectivity index (χ0n) is 14.9. The lowest BCUT2D eigenvalue weighted by Crippen LogP contribution is -2.32. The van der Waals surface area contributed by atoms with E-state index in [1.54, 1.807) is 37.3 Å². The van der Waals surface area contributed by atoms with Gasteiger partial charge in [0.05, 0.1) is 10.5 Å². The van der Waals surface area contributed by atoms with Crippen LogP contribution in [-0.2, 0) is 19.4 Å². The molecule has 1 heterocycles. The number of rotatable bonds is 4. The summed E-state index contributed by atoms with van der Waals surface area (Å²) in [5.74, 6) is 0.345. The number of carbonyl (C=O) groups excluding carboxylic acids is 1. The smallest absolute Gasteiger partial charge is 0.210 e. The van der Waals surface area contributed by atoms with Crippen LogP contribution in [0, 0.1) is 0 Å². The van der Waals surface area contributed by atoms with Crippen molar-refractivity contribution in [2.24, 2.45) is 0 Å². The maximum absolute atomic E-state index is 13.1. The van der Waals surface area contributed by atoms with Gasteiger partial charge in [0.1, 0.15) is 5.76 Å². The summed E-state index contributed by atoms with van der Waals surface area (Å²) >= 11 is 0. The Kier molecular flexibility index (Phi) is 4.40. The van der Waals surface area contributed by atoms with Crippen molar-refractivity contribution in [3.8, 4) is 0 Å². The van der Waals surface area contributed by atoms with E-state index in [4.69, 9.17) is 10.5 Å². The molecule has 1 atom stereocenters. The second-order valence-corrected chi connectivity index (χ2v) is 8.66. The van der Waals surface area contributed by atoms with Crippen LogP contribution in [0.3, 0.4) is 0 Å². The average molecular weight is 371 g/mol. The quantitative estimate of drug-likeness (QED) is 0.833. The molecule has 0 bridgehead atoms. The summed E-state index contributed by atoms with van der Waals surface area (Å²) in [4.78, 5) is 13.3. The number of anilines is 1. The normalized spacial score (nSPS) is 20.3. The molecule has 6 heteroatoms. The molecule has 2 aromatic carbocycles. The third kappa shape index (κ3) is 3.12. The van der Waals surface area contributed by atoms with E-state index in [2.05, 4.69) is 0 Å². The minimum atomic E-state index is -3.29. The fraction of sp³-hybridized carbons (Fsp3) is 0.250. The van der Waals surface area contributed by atoms with Crippen molar-refractivity contribution in [1.29, 1.82) is 0 Å². The molecule has 1 aliphatic heterocycles. The lowest BCUT2D eigenvalue weighted by Gasteiger charge is -2.21. The van der Waals surface area contributed by atoms with Crippen LogP contribution < -0.4 is 5.73 Å². The molecule has 0 saturated heterocycles. The van der Waals surface area contributed by atoms with Crippen LogP contribution in [0.15, 0.2) is 53.4 Å². The van der Waals surface area contributed by atoms with E-state index in [9.17, 15) is 13.2 Å². The zero-order chi connectivity index (χ0) is 19.1. The zero-order valence-corrected chi connectivity index (χ0v) is 15.8. The average Bonchev–Trinajstić information content (AvgIpc) is 2.86. The van der Waals surface area contributed by atoms with Crippen LogP contribution in [-0.4, -0.2) is 26.1 Å². The van der Waals surface area contributed by atoms with E-state index in [0.717, 1.165) is 6.26 Å². The van der Waals surface area contributed by atoms with Gasteiger partial charge in [-0.05, 0) is 55.3 Å². The number of ether oxygens (including phenoxy) is 1. The number of ketones is 1. The molecular formula is C20H21NO4S. The number of Topliss-reactive ketones (excluding diaryl/α,β-unsaturated/α-hetero) is 1. The van der Waals surface area contributed by atoms with Gasteiger partial charge in [0.25, 0.3) is 0 Å². The van der Waals surface area contributed by atoms with Crippen molar-refractivity contribution in [2.75, 3.05) is 12.0 Å². The maximum Gasteiger partial charge on any atom is 0.210 e. The molecule has 136 valence electrons. The van der Waals surface area contributed by atoms with Crippen molar-refractivity contribution in [3.05, 3.63) is 59.7 Å². The monoisotopic (exact) mass is 371 g/mol. The Hall–Kier alpha value is -2.60. The summed E-state index contributed by atoms with van der Waals surface area (Å²) in [6, 6.07) is 13.5. The van der Waals surface area contributed by atoms with E-state index in [1.807, 2.05) is 13.0 Å². The molecule has 5 nitrogen and oxygen atoms in total. The molecule has 3 rings (SSSR count). The first-order valence-electron chi connectivity index (χ1n) is 8.30. The van der Waals surface area contributed by atoms with Gasteiger partial charge in [-0.3, -0.25) is 4.79 Å². The summed E-state index contributed by atoms with van der Waals surface area (Å²) in [6.45, 7) is 3.66. The van der Waals surface area contributed by atoms with Gasteiger partial charge in [-0.15, -0.1) is 0 Å². The number of hydrogen-bond acceptors (Lipinski definition) is 5. The van der Waals surface area contributed by atoms with E-state index in [1.165, 1.54) is 12.1 Å². The number of carbonyl (C=O) groups is 1. The first-order valence-corrected chi connectivity index (χ1v) is 10.2. The standard InChI is InChI=1S/C20H21NO4S/c1-4-20(2)19(22)17(14-6-5-7-15(21)12-14)18(25-20)13-8-10-16(11-9-13)26(3,23)24/h5-12H,4,21H2,1-3H3. The highest BCUT2D eigenvalue weighted by atomic mass is 32.2. The summed E-state index contributed by atoms with van der Waals surface area (Å²) in [5, 5.41) is 0.